The number of ether oxygens (including phenoxy) is 3. The van der Waals surface area contributed by atoms with Crippen molar-refractivity contribution in [3.63, 3.8) is 0 Å². The smallest absolute Gasteiger partial charge is 0.251 e. The molecular weight excluding hydrogens is 396 g/mol. The standard InChI is InChI=1S/C23H26N4O4/c1-29-19-10-15(11-20(30-2)22(19)31-3)13-27-9-6-17(14-27)18-12-21(28)26-23(25-18)16-4-7-24-8-5-16/h4-5,7-8,10-12,17H,6,9,13-14H2,1-3H3,(H,25,26,28). The highest BCUT2D eigenvalue weighted by Gasteiger charge is 2.26. The Hall–Kier alpha value is -3.39. The van der Waals surface area contributed by atoms with Gasteiger partial charge in [-0.05, 0) is 42.8 Å². The van der Waals surface area contributed by atoms with Gasteiger partial charge in [-0.15, -0.1) is 0 Å². The van der Waals surface area contributed by atoms with E-state index < -0.39 is 0 Å². The van der Waals surface area contributed by atoms with Crippen LogP contribution in [0.5, 0.6) is 17.2 Å². The molecule has 1 saturated heterocycles. The monoisotopic (exact) mass is 422 g/mol. The van der Waals surface area contributed by atoms with Gasteiger partial charge in [-0.25, -0.2) is 4.98 Å². The van der Waals surface area contributed by atoms with E-state index in [2.05, 4.69) is 14.9 Å². The molecule has 0 aliphatic carbocycles. The Kier molecular flexibility index (Phi) is 6.18. The minimum absolute atomic E-state index is 0.139. The third-order valence-electron chi connectivity index (χ3n) is 5.54. The summed E-state index contributed by atoms with van der Waals surface area (Å²) in [6.45, 7) is 2.48. The van der Waals surface area contributed by atoms with Gasteiger partial charge in [0, 0.05) is 43.0 Å². The van der Waals surface area contributed by atoms with Crippen molar-refractivity contribution in [2.45, 2.75) is 18.9 Å². The molecule has 1 unspecified atom stereocenters. The Balaban J connectivity index is 1.52. The summed E-state index contributed by atoms with van der Waals surface area (Å²) < 4.78 is 16.3. The molecule has 3 aromatic rings. The normalized spacial score (nSPS) is 16.3. The first kappa shape index (κ1) is 20.9. The van der Waals surface area contributed by atoms with Crippen LogP contribution in [0, 0.1) is 0 Å². The molecule has 1 atom stereocenters. The predicted molar refractivity (Wildman–Crippen MR) is 117 cm³/mol. The van der Waals surface area contributed by atoms with Gasteiger partial charge in [-0.2, -0.15) is 0 Å². The molecule has 1 aliphatic heterocycles. The molecule has 0 spiro atoms. The number of aromatic amines is 1. The maximum Gasteiger partial charge on any atom is 0.251 e. The van der Waals surface area contributed by atoms with Gasteiger partial charge in [0.05, 0.1) is 27.0 Å². The molecule has 0 saturated carbocycles. The lowest BCUT2D eigenvalue weighted by molar-refractivity contribution is 0.312. The zero-order valence-electron chi connectivity index (χ0n) is 17.9. The molecular formula is C23H26N4O4. The van der Waals surface area contributed by atoms with Crippen LogP contribution in [-0.4, -0.2) is 54.3 Å². The summed E-state index contributed by atoms with van der Waals surface area (Å²) in [5.74, 6) is 2.65. The second-order valence-electron chi connectivity index (χ2n) is 7.51. The molecule has 1 aromatic carbocycles. The van der Waals surface area contributed by atoms with E-state index in [4.69, 9.17) is 19.2 Å². The summed E-state index contributed by atoms with van der Waals surface area (Å²) in [5.41, 5.74) is 2.61. The number of hydrogen-bond donors (Lipinski definition) is 1. The zero-order chi connectivity index (χ0) is 21.8. The summed E-state index contributed by atoms with van der Waals surface area (Å²) >= 11 is 0. The van der Waals surface area contributed by atoms with E-state index in [0.717, 1.165) is 42.9 Å². The van der Waals surface area contributed by atoms with E-state index in [1.165, 1.54) is 0 Å². The first-order valence-corrected chi connectivity index (χ1v) is 10.1. The maximum atomic E-state index is 12.3. The molecule has 1 aliphatic rings. The minimum Gasteiger partial charge on any atom is -0.493 e. The number of likely N-dealkylation sites (tertiary alicyclic amines) is 1. The lowest BCUT2D eigenvalue weighted by atomic mass is 10.0. The topological polar surface area (TPSA) is 89.6 Å². The van der Waals surface area contributed by atoms with Gasteiger partial charge in [0.25, 0.3) is 5.56 Å². The number of methoxy groups -OCH3 is 3. The maximum absolute atomic E-state index is 12.3. The molecule has 2 aromatic heterocycles. The van der Waals surface area contributed by atoms with Crippen LogP contribution in [-0.2, 0) is 6.54 Å². The van der Waals surface area contributed by atoms with Crippen molar-refractivity contribution >= 4 is 0 Å². The van der Waals surface area contributed by atoms with E-state index in [1.54, 1.807) is 39.8 Å². The van der Waals surface area contributed by atoms with Crippen molar-refractivity contribution in [3.8, 4) is 28.6 Å². The largest absolute Gasteiger partial charge is 0.493 e. The molecule has 0 bridgehead atoms. The van der Waals surface area contributed by atoms with Gasteiger partial charge in [-0.3, -0.25) is 14.7 Å². The molecule has 8 nitrogen and oxygen atoms in total. The Morgan fingerprint density at radius 2 is 1.77 bits per heavy atom. The third kappa shape index (κ3) is 4.54. The van der Waals surface area contributed by atoms with Crippen LogP contribution in [0.4, 0.5) is 0 Å². The predicted octanol–water partition coefficient (Wildman–Crippen LogP) is 2.85. The average Bonchev–Trinajstić information content (AvgIpc) is 3.27. The number of hydrogen-bond acceptors (Lipinski definition) is 7. The van der Waals surface area contributed by atoms with Crippen LogP contribution in [0.15, 0.2) is 47.5 Å². The zero-order valence-corrected chi connectivity index (χ0v) is 17.9. The summed E-state index contributed by atoms with van der Waals surface area (Å²) in [7, 11) is 4.83. The Labute approximate surface area is 180 Å². The molecule has 0 amide bonds. The summed E-state index contributed by atoms with van der Waals surface area (Å²) in [6.07, 6.45) is 4.32. The molecule has 31 heavy (non-hydrogen) atoms. The van der Waals surface area contributed by atoms with Crippen LogP contribution in [0.3, 0.4) is 0 Å². The number of benzene rings is 1. The second-order valence-corrected chi connectivity index (χ2v) is 7.51. The highest BCUT2D eigenvalue weighted by molar-refractivity contribution is 5.54. The average molecular weight is 422 g/mol. The summed E-state index contributed by atoms with van der Waals surface area (Å²) in [6, 6.07) is 9.24. The highest BCUT2D eigenvalue weighted by Crippen LogP contribution is 2.39. The van der Waals surface area contributed by atoms with Crippen LogP contribution < -0.4 is 19.8 Å². The molecule has 1 N–H and O–H groups in total. The van der Waals surface area contributed by atoms with Crippen molar-refractivity contribution in [1.82, 2.24) is 19.9 Å². The Morgan fingerprint density at radius 1 is 1.06 bits per heavy atom. The molecule has 162 valence electrons. The van der Waals surface area contributed by atoms with Gasteiger partial charge in [-0.1, -0.05) is 0 Å². The van der Waals surface area contributed by atoms with E-state index >= 15 is 0 Å². The van der Waals surface area contributed by atoms with Gasteiger partial charge in [0.15, 0.2) is 11.5 Å². The minimum atomic E-state index is -0.139. The van der Waals surface area contributed by atoms with Crippen LogP contribution in [0.2, 0.25) is 0 Å². The fraction of sp³-hybridized carbons (Fsp3) is 0.348. The van der Waals surface area contributed by atoms with Crippen LogP contribution >= 0.6 is 0 Å². The fourth-order valence-corrected chi connectivity index (χ4v) is 4.03. The van der Waals surface area contributed by atoms with Crippen molar-refractivity contribution < 1.29 is 14.2 Å². The number of nitrogens with zero attached hydrogens (tertiary/aromatic N) is 3. The van der Waals surface area contributed by atoms with Crippen molar-refractivity contribution in [2.24, 2.45) is 0 Å². The first-order chi connectivity index (χ1) is 15.1. The van der Waals surface area contributed by atoms with Gasteiger partial charge < -0.3 is 19.2 Å². The first-order valence-electron chi connectivity index (χ1n) is 10.1. The summed E-state index contributed by atoms with van der Waals surface area (Å²) in [4.78, 5) is 26.2. The number of pyridine rings is 1. The Morgan fingerprint density at radius 3 is 2.42 bits per heavy atom. The van der Waals surface area contributed by atoms with E-state index in [9.17, 15) is 4.79 Å². The van der Waals surface area contributed by atoms with Crippen molar-refractivity contribution in [3.05, 3.63) is 64.3 Å². The third-order valence-corrected chi connectivity index (χ3v) is 5.54. The number of rotatable bonds is 7. The van der Waals surface area contributed by atoms with E-state index in [0.29, 0.717) is 23.1 Å². The van der Waals surface area contributed by atoms with Gasteiger partial charge in [0.1, 0.15) is 5.82 Å². The Bertz CT molecular complexity index is 1080. The molecule has 4 rings (SSSR count). The van der Waals surface area contributed by atoms with Crippen LogP contribution in [0.1, 0.15) is 23.6 Å². The van der Waals surface area contributed by atoms with Crippen LogP contribution in [0.25, 0.3) is 11.4 Å². The lowest BCUT2D eigenvalue weighted by Crippen LogP contribution is -2.21. The SMILES string of the molecule is COc1cc(CN2CCC(c3cc(=O)[nH]c(-c4ccncc4)n3)C2)cc(OC)c1OC. The number of H-pyrrole nitrogens is 1. The molecule has 1 fully saturated rings. The quantitative estimate of drug-likeness (QED) is 0.626. The van der Waals surface area contributed by atoms with E-state index in [-0.39, 0.29) is 11.5 Å². The molecule has 0 radical (unpaired) electrons. The highest BCUT2D eigenvalue weighted by atomic mass is 16.5. The van der Waals surface area contributed by atoms with Gasteiger partial charge >= 0.3 is 0 Å². The van der Waals surface area contributed by atoms with Crippen molar-refractivity contribution in [1.29, 1.82) is 0 Å². The second kappa shape index (κ2) is 9.18. The van der Waals surface area contributed by atoms with E-state index in [1.807, 2.05) is 24.3 Å². The molecule has 3 heterocycles. The fourth-order valence-electron chi connectivity index (χ4n) is 4.03. The molecule has 8 heteroatoms. The summed E-state index contributed by atoms with van der Waals surface area (Å²) in [5, 5.41) is 0. The van der Waals surface area contributed by atoms with Gasteiger partial charge in [0.2, 0.25) is 5.75 Å². The van der Waals surface area contributed by atoms with Crippen molar-refractivity contribution in [2.75, 3.05) is 34.4 Å². The number of nitrogens with one attached hydrogen (secondary N) is 1. The number of aromatic nitrogens is 3. The lowest BCUT2D eigenvalue weighted by Gasteiger charge is -2.19.